The van der Waals surface area contributed by atoms with Crippen LogP contribution in [0.15, 0.2) is 42.5 Å². The highest BCUT2D eigenvalue weighted by Crippen LogP contribution is 2.18. The fourth-order valence-electron chi connectivity index (χ4n) is 3.89. The van der Waals surface area contributed by atoms with Gasteiger partial charge in [0.15, 0.2) is 0 Å². The zero-order valence-corrected chi connectivity index (χ0v) is 19.1. The molecule has 2 amide bonds. The minimum absolute atomic E-state index is 0.0811. The average molecular weight is 423 g/mol. The number of rotatable bonds is 7. The van der Waals surface area contributed by atoms with Crippen LogP contribution in [-0.4, -0.2) is 72.8 Å². The summed E-state index contributed by atoms with van der Waals surface area (Å²) in [5.41, 5.74) is 5.69. The van der Waals surface area contributed by atoms with Crippen molar-refractivity contribution in [3.05, 3.63) is 64.7 Å². The molecule has 2 aromatic rings. The number of anilines is 1. The van der Waals surface area contributed by atoms with Crippen LogP contribution in [0.1, 0.15) is 22.3 Å². The molecule has 31 heavy (non-hydrogen) atoms. The van der Waals surface area contributed by atoms with E-state index in [1.54, 1.807) is 4.90 Å². The molecule has 6 nitrogen and oxygen atoms in total. The van der Waals surface area contributed by atoms with E-state index in [2.05, 4.69) is 41.4 Å². The van der Waals surface area contributed by atoms with Gasteiger partial charge in [-0.1, -0.05) is 36.4 Å². The van der Waals surface area contributed by atoms with Crippen molar-refractivity contribution in [1.82, 2.24) is 14.7 Å². The van der Waals surface area contributed by atoms with Gasteiger partial charge in [0, 0.05) is 38.4 Å². The lowest BCUT2D eigenvalue weighted by atomic mass is 10.1. The highest BCUT2D eigenvalue weighted by Gasteiger charge is 2.22. The van der Waals surface area contributed by atoms with Gasteiger partial charge in [0.1, 0.15) is 0 Å². The second-order valence-electron chi connectivity index (χ2n) is 8.55. The molecule has 1 heterocycles. The molecule has 1 saturated heterocycles. The Labute approximate surface area is 185 Å². The number of piperazine rings is 1. The molecule has 2 aromatic carbocycles. The molecule has 0 aliphatic carbocycles. The van der Waals surface area contributed by atoms with E-state index in [-0.39, 0.29) is 24.9 Å². The Balaban J connectivity index is 1.42. The number of benzene rings is 2. The van der Waals surface area contributed by atoms with E-state index in [0.717, 1.165) is 49.5 Å². The Kier molecular flexibility index (Phi) is 7.82. The Morgan fingerprint density at radius 2 is 1.58 bits per heavy atom. The third kappa shape index (κ3) is 6.39. The minimum Gasteiger partial charge on any atom is -0.339 e. The summed E-state index contributed by atoms with van der Waals surface area (Å²) in [7, 11) is 1.81. The molecule has 0 spiro atoms. The highest BCUT2D eigenvalue weighted by molar-refractivity contribution is 5.93. The Bertz CT molecular complexity index is 919. The van der Waals surface area contributed by atoms with Crippen LogP contribution in [0, 0.1) is 20.8 Å². The van der Waals surface area contributed by atoms with Gasteiger partial charge in [-0.3, -0.25) is 19.4 Å². The van der Waals surface area contributed by atoms with Gasteiger partial charge >= 0.3 is 0 Å². The fraction of sp³-hybridized carbons (Fsp3) is 0.440. The normalized spacial score (nSPS) is 14.7. The topological polar surface area (TPSA) is 55.9 Å². The standard InChI is InChI=1S/C25H34N4O2/c1-19-9-7-11-23(21(19)3)26-24(30)17-27(4)18-25(31)29-14-12-28(13-15-29)16-22-10-6-5-8-20(22)2/h5-11H,12-18H2,1-4H3,(H,26,30). The van der Waals surface area contributed by atoms with E-state index in [1.165, 1.54) is 11.1 Å². The van der Waals surface area contributed by atoms with E-state index in [1.807, 2.05) is 44.0 Å². The molecule has 166 valence electrons. The smallest absolute Gasteiger partial charge is 0.238 e. The SMILES string of the molecule is Cc1ccccc1CN1CCN(C(=O)CN(C)CC(=O)Nc2cccc(C)c2C)CC1. The first-order valence-corrected chi connectivity index (χ1v) is 10.9. The molecule has 0 saturated carbocycles. The second-order valence-corrected chi connectivity index (χ2v) is 8.55. The number of aryl methyl sites for hydroxylation is 2. The van der Waals surface area contributed by atoms with Gasteiger partial charge in [0.2, 0.25) is 11.8 Å². The van der Waals surface area contributed by atoms with Crippen molar-refractivity contribution in [1.29, 1.82) is 0 Å². The number of likely N-dealkylation sites (N-methyl/N-ethyl adjacent to an activating group) is 1. The number of amides is 2. The predicted octanol–water partition coefficient (Wildman–Crippen LogP) is 2.83. The van der Waals surface area contributed by atoms with Crippen molar-refractivity contribution >= 4 is 17.5 Å². The van der Waals surface area contributed by atoms with Crippen LogP contribution in [0.25, 0.3) is 0 Å². The Hall–Kier alpha value is -2.70. The first kappa shape index (κ1) is 23.0. The van der Waals surface area contributed by atoms with Crippen molar-refractivity contribution in [2.75, 3.05) is 51.6 Å². The van der Waals surface area contributed by atoms with Gasteiger partial charge < -0.3 is 10.2 Å². The van der Waals surface area contributed by atoms with Crippen LogP contribution < -0.4 is 5.32 Å². The zero-order valence-electron chi connectivity index (χ0n) is 19.1. The number of carbonyl (C=O) groups excluding carboxylic acids is 2. The molecule has 0 aromatic heterocycles. The van der Waals surface area contributed by atoms with Gasteiger partial charge in [-0.15, -0.1) is 0 Å². The van der Waals surface area contributed by atoms with E-state index >= 15 is 0 Å². The van der Waals surface area contributed by atoms with Crippen molar-refractivity contribution < 1.29 is 9.59 Å². The molecule has 3 rings (SSSR count). The third-order valence-corrected chi connectivity index (χ3v) is 6.08. The quantitative estimate of drug-likeness (QED) is 0.746. The number of hydrogen-bond donors (Lipinski definition) is 1. The summed E-state index contributed by atoms with van der Waals surface area (Å²) in [5, 5.41) is 2.96. The molecule has 1 fully saturated rings. The maximum absolute atomic E-state index is 12.7. The number of carbonyl (C=O) groups is 2. The van der Waals surface area contributed by atoms with Gasteiger partial charge in [-0.05, 0) is 56.1 Å². The Morgan fingerprint density at radius 3 is 2.29 bits per heavy atom. The average Bonchev–Trinajstić information content (AvgIpc) is 2.73. The van der Waals surface area contributed by atoms with Crippen LogP contribution in [0.3, 0.4) is 0 Å². The number of nitrogens with zero attached hydrogens (tertiary/aromatic N) is 3. The van der Waals surface area contributed by atoms with Crippen LogP contribution in [0.2, 0.25) is 0 Å². The minimum atomic E-state index is -0.105. The largest absolute Gasteiger partial charge is 0.339 e. The zero-order chi connectivity index (χ0) is 22.4. The van der Waals surface area contributed by atoms with Gasteiger partial charge in [-0.2, -0.15) is 0 Å². The lowest BCUT2D eigenvalue weighted by Crippen LogP contribution is -2.51. The predicted molar refractivity (Wildman–Crippen MR) is 125 cm³/mol. The summed E-state index contributed by atoms with van der Waals surface area (Å²) in [6.45, 7) is 10.7. The summed E-state index contributed by atoms with van der Waals surface area (Å²) >= 11 is 0. The van der Waals surface area contributed by atoms with E-state index in [0.29, 0.717) is 0 Å². The van der Waals surface area contributed by atoms with E-state index in [9.17, 15) is 9.59 Å². The first-order valence-electron chi connectivity index (χ1n) is 10.9. The summed E-state index contributed by atoms with van der Waals surface area (Å²) in [6, 6.07) is 14.3. The molecule has 0 unspecified atom stereocenters. The fourth-order valence-corrected chi connectivity index (χ4v) is 3.89. The molecule has 1 aliphatic heterocycles. The van der Waals surface area contributed by atoms with Gasteiger partial charge in [0.05, 0.1) is 13.1 Å². The number of nitrogens with one attached hydrogen (secondary N) is 1. The van der Waals surface area contributed by atoms with Crippen molar-refractivity contribution in [3.63, 3.8) is 0 Å². The molecule has 6 heteroatoms. The van der Waals surface area contributed by atoms with Crippen molar-refractivity contribution in [3.8, 4) is 0 Å². The van der Waals surface area contributed by atoms with Crippen LogP contribution in [-0.2, 0) is 16.1 Å². The molecule has 1 aliphatic rings. The molecule has 1 N–H and O–H groups in total. The summed E-state index contributed by atoms with van der Waals surface area (Å²) in [4.78, 5) is 31.2. The van der Waals surface area contributed by atoms with Gasteiger partial charge in [-0.25, -0.2) is 0 Å². The maximum atomic E-state index is 12.7. The third-order valence-electron chi connectivity index (χ3n) is 6.08. The summed E-state index contributed by atoms with van der Waals surface area (Å²) < 4.78 is 0. The summed E-state index contributed by atoms with van der Waals surface area (Å²) in [5.74, 6) is -0.0235. The lowest BCUT2D eigenvalue weighted by Gasteiger charge is -2.35. The summed E-state index contributed by atoms with van der Waals surface area (Å²) in [6.07, 6.45) is 0. The van der Waals surface area contributed by atoms with Crippen molar-refractivity contribution in [2.24, 2.45) is 0 Å². The van der Waals surface area contributed by atoms with E-state index < -0.39 is 0 Å². The maximum Gasteiger partial charge on any atom is 0.238 e. The van der Waals surface area contributed by atoms with Crippen LogP contribution >= 0.6 is 0 Å². The highest BCUT2D eigenvalue weighted by atomic mass is 16.2. The lowest BCUT2D eigenvalue weighted by molar-refractivity contribution is -0.134. The van der Waals surface area contributed by atoms with Crippen LogP contribution in [0.5, 0.6) is 0 Å². The Morgan fingerprint density at radius 1 is 0.903 bits per heavy atom. The second kappa shape index (κ2) is 10.6. The monoisotopic (exact) mass is 422 g/mol. The molecule has 0 radical (unpaired) electrons. The van der Waals surface area contributed by atoms with Crippen LogP contribution in [0.4, 0.5) is 5.69 Å². The van der Waals surface area contributed by atoms with Gasteiger partial charge in [0.25, 0.3) is 0 Å². The molecular weight excluding hydrogens is 388 g/mol. The molecule has 0 atom stereocenters. The van der Waals surface area contributed by atoms with E-state index in [4.69, 9.17) is 0 Å². The molecular formula is C25H34N4O2. The first-order chi connectivity index (χ1) is 14.8. The number of hydrogen-bond acceptors (Lipinski definition) is 4. The molecule has 0 bridgehead atoms. The van der Waals surface area contributed by atoms with Crippen molar-refractivity contribution in [2.45, 2.75) is 27.3 Å².